The first kappa shape index (κ1) is 15.9. The molecule has 0 aliphatic heterocycles. The Balaban J connectivity index is 2.08. The van der Waals surface area contributed by atoms with E-state index in [1.54, 1.807) is 24.3 Å². The minimum absolute atomic E-state index is 0.0357. The summed E-state index contributed by atoms with van der Waals surface area (Å²) in [4.78, 5) is 14.3. The van der Waals surface area contributed by atoms with Crippen LogP contribution in [0, 0.1) is 0 Å². The molecule has 0 bridgehead atoms. The SMILES string of the molecule is COc1cc(NC(=O)c2ccc(CN(C)C)cc2)ccc1O. The van der Waals surface area contributed by atoms with E-state index in [1.807, 2.05) is 26.2 Å². The third-order valence-electron chi connectivity index (χ3n) is 3.15. The fourth-order valence-corrected chi connectivity index (χ4v) is 2.09. The maximum absolute atomic E-state index is 12.2. The highest BCUT2D eigenvalue weighted by Crippen LogP contribution is 2.28. The zero-order valence-corrected chi connectivity index (χ0v) is 13.0. The molecule has 0 fully saturated rings. The van der Waals surface area contributed by atoms with Crippen molar-refractivity contribution in [2.75, 3.05) is 26.5 Å². The van der Waals surface area contributed by atoms with Crippen LogP contribution in [-0.2, 0) is 6.54 Å². The average Bonchev–Trinajstić information content (AvgIpc) is 2.49. The van der Waals surface area contributed by atoms with E-state index >= 15 is 0 Å². The molecule has 0 unspecified atom stereocenters. The number of amides is 1. The molecule has 0 spiro atoms. The first-order valence-corrected chi connectivity index (χ1v) is 6.91. The number of nitrogens with zero attached hydrogens (tertiary/aromatic N) is 1. The molecule has 5 heteroatoms. The monoisotopic (exact) mass is 300 g/mol. The van der Waals surface area contributed by atoms with Crippen molar-refractivity contribution in [3.05, 3.63) is 53.6 Å². The first-order valence-electron chi connectivity index (χ1n) is 6.91. The molecule has 1 amide bonds. The van der Waals surface area contributed by atoms with Crippen LogP contribution in [0.2, 0.25) is 0 Å². The van der Waals surface area contributed by atoms with Crippen molar-refractivity contribution < 1.29 is 14.6 Å². The van der Waals surface area contributed by atoms with Crippen molar-refractivity contribution in [2.45, 2.75) is 6.54 Å². The lowest BCUT2D eigenvalue weighted by Gasteiger charge is -2.11. The lowest BCUT2D eigenvalue weighted by atomic mass is 10.1. The fraction of sp³-hybridized carbons (Fsp3) is 0.235. The summed E-state index contributed by atoms with van der Waals surface area (Å²) in [6.07, 6.45) is 0. The molecule has 0 atom stereocenters. The fourth-order valence-electron chi connectivity index (χ4n) is 2.09. The van der Waals surface area contributed by atoms with Gasteiger partial charge < -0.3 is 20.1 Å². The highest BCUT2D eigenvalue weighted by Gasteiger charge is 2.08. The van der Waals surface area contributed by atoms with Gasteiger partial charge in [0, 0.05) is 23.9 Å². The second kappa shape index (κ2) is 6.95. The van der Waals surface area contributed by atoms with Crippen molar-refractivity contribution >= 4 is 11.6 Å². The van der Waals surface area contributed by atoms with E-state index < -0.39 is 0 Å². The molecule has 2 aromatic rings. The van der Waals surface area contributed by atoms with Gasteiger partial charge in [0.1, 0.15) is 0 Å². The smallest absolute Gasteiger partial charge is 0.255 e. The Labute approximate surface area is 130 Å². The molecule has 0 heterocycles. The summed E-state index contributed by atoms with van der Waals surface area (Å²) in [6, 6.07) is 12.1. The van der Waals surface area contributed by atoms with E-state index in [9.17, 15) is 9.90 Å². The Morgan fingerprint density at radius 1 is 1.18 bits per heavy atom. The Kier molecular flexibility index (Phi) is 5.01. The summed E-state index contributed by atoms with van der Waals surface area (Å²) in [5.74, 6) is 0.150. The average molecular weight is 300 g/mol. The number of nitrogens with one attached hydrogen (secondary N) is 1. The second-order valence-electron chi connectivity index (χ2n) is 5.28. The molecular weight excluding hydrogens is 280 g/mol. The number of benzene rings is 2. The van der Waals surface area contributed by atoms with Crippen molar-refractivity contribution in [3.8, 4) is 11.5 Å². The normalized spacial score (nSPS) is 10.5. The number of phenolic OH excluding ortho intramolecular Hbond substituents is 1. The predicted molar refractivity (Wildman–Crippen MR) is 86.4 cm³/mol. The number of aromatic hydroxyl groups is 1. The van der Waals surface area contributed by atoms with Crippen LogP contribution in [0.5, 0.6) is 11.5 Å². The van der Waals surface area contributed by atoms with Crippen LogP contribution in [0.25, 0.3) is 0 Å². The summed E-state index contributed by atoms with van der Waals surface area (Å²) >= 11 is 0. The van der Waals surface area contributed by atoms with E-state index in [4.69, 9.17) is 4.74 Å². The standard InChI is InChI=1S/C17H20N2O3/c1-19(2)11-12-4-6-13(7-5-12)17(21)18-14-8-9-15(20)16(10-14)22-3/h4-10,20H,11H2,1-3H3,(H,18,21). The molecule has 0 saturated heterocycles. The van der Waals surface area contributed by atoms with Crippen LogP contribution in [0.4, 0.5) is 5.69 Å². The number of rotatable bonds is 5. The largest absolute Gasteiger partial charge is 0.504 e. The first-order chi connectivity index (χ1) is 10.5. The predicted octanol–water partition coefficient (Wildman–Crippen LogP) is 2.71. The Morgan fingerprint density at radius 2 is 1.86 bits per heavy atom. The van der Waals surface area contributed by atoms with Gasteiger partial charge in [0.05, 0.1) is 7.11 Å². The summed E-state index contributed by atoms with van der Waals surface area (Å²) < 4.78 is 5.02. The number of carbonyl (C=O) groups excluding carboxylic acids is 1. The van der Waals surface area contributed by atoms with Crippen molar-refractivity contribution in [1.29, 1.82) is 0 Å². The van der Waals surface area contributed by atoms with E-state index in [0.717, 1.165) is 12.1 Å². The number of ether oxygens (including phenoxy) is 1. The molecule has 0 radical (unpaired) electrons. The van der Waals surface area contributed by atoms with Gasteiger partial charge in [0.2, 0.25) is 0 Å². The van der Waals surface area contributed by atoms with Gasteiger partial charge in [-0.3, -0.25) is 4.79 Å². The number of hydrogen-bond acceptors (Lipinski definition) is 4. The van der Waals surface area contributed by atoms with Crippen LogP contribution in [0.15, 0.2) is 42.5 Å². The third-order valence-corrected chi connectivity index (χ3v) is 3.15. The lowest BCUT2D eigenvalue weighted by molar-refractivity contribution is 0.102. The van der Waals surface area contributed by atoms with E-state index in [2.05, 4.69) is 10.2 Å². The topological polar surface area (TPSA) is 61.8 Å². The van der Waals surface area contributed by atoms with Gasteiger partial charge in [0.15, 0.2) is 11.5 Å². The number of anilines is 1. The molecule has 0 aromatic heterocycles. The molecule has 2 rings (SSSR count). The van der Waals surface area contributed by atoms with Gasteiger partial charge in [-0.2, -0.15) is 0 Å². The summed E-state index contributed by atoms with van der Waals surface area (Å²) in [5.41, 5.74) is 2.29. The number of phenols is 1. The molecular formula is C17H20N2O3. The highest BCUT2D eigenvalue weighted by molar-refractivity contribution is 6.04. The van der Waals surface area contributed by atoms with Crippen LogP contribution in [0.3, 0.4) is 0 Å². The molecule has 0 aliphatic rings. The zero-order chi connectivity index (χ0) is 16.1. The Hall–Kier alpha value is -2.53. The van der Waals surface area contributed by atoms with Crippen molar-refractivity contribution in [3.63, 3.8) is 0 Å². The van der Waals surface area contributed by atoms with Crippen LogP contribution in [-0.4, -0.2) is 37.1 Å². The van der Waals surface area contributed by atoms with Crippen molar-refractivity contribution in [1.82, 2.24) is 4.90 Å². The van der Waals surface area contributed by atoms with Gasteiger partial charge >= 0.3 is 0 Å². The summed E-state index contributed by atoms with van der Waals surface area (Å²) in [6.45, 7) is 0.830. The molecule has 22 heavy (non-hydrogen) atoms. The van der Waals surface area contributed by atoms with Gasteiger partial charge in [0.25, 0.3) is 5.91 Å². The van der Waals surface area contributed by atoms with Gasteiger partial charge in [-0.15, -0.1) is 0 Å². The van der Waals surface area contributed by atoms with Gasteiger partial charge in [-0.05, 0) is 43.9 Å². The lowest BCUT2D eigenvalue weighted by Crippen LogP contribution is -2.13. The number of hydrogen-bond donors (Lipinski definition) is 2. The quantitative estimate of drug-likeness (QED) is 0.834. The van der Waals surface area contributed by atoms with Crippen molar-refractivity contribution in [2.24, 2.45) is 0 Å². The second-order valence-corrected chi connectivity index (χ2v) is 5.28. The number of methoxy groups -OCH3 is 1. The minimum Gasteiger partial charge on any atom is -0.504 e. The Bertz CT molecular complexity index is 651. The molecule has 5 nitrogen and oxygen atoms in total. The highest BCUT2D eigenvalue weighted by atomic mass is 16.5. The molecule has 116 valence electrons. The molecule has 2 N–H and O–H groups in total. The maximum Gasteiger partial charge on any atom is 0.255 e. The summed E-state index contributed by atoms with van der Waals surface area (Å²) in [5, 5.41) is 12.3. The third kappa shape index (κ3) is 3.99. The van der Waals surface area contributed by atoms with Gasteiger partial charge in [-0.25, -0.2) is 0 Å². The molecule has 0 aliphatic carbocycles. The van der Waals surface area contributed by atoms with E-state index in [-0.39, 0.29) is 11.7 Å². The van der Waals surface area contributed by atoms with E-state index in [1.165, 1.54) is 13.2 Å². The minimum atomic E-state index is -0.204. The number of carbonyl (C=O) groups is 1. The summed E-state index contributed by atoms with van der Waals surface area (Å²) in [7, 11) is 5.46. The maximum atomic E-state index is 12.2. The van der Waals surface area contributed by atoms with Gasteiger partial charge in [-0.1, -0.05) is 12.1 Å². The van der Waals surface area contributed by atoms with E-state index in [0.29, 0.717) is 17.0 Å². The van der Waals surface area contributed by atoms with Crippen LogP contribution < -0.4 is 10.1 Å². The molecule has 2 aromatic carbocycles. The molecule has 0 saturated carbocycles. The Morgan fingerprint density at radius 3 is 2.45 bits per heavy atom. The zero-order valence-electron chi connectivity index (χ0n) is 13.0. The van der Waals surface area contributed by atoms with Crippen LogP contribution >= 0.6 is 0 Å². The van der Waals surface area contributed by atoms with Crippen LogP contribution in [0.1, 0.15) is 15.9 Å².